The minimum atomic E-state index is -0.294. The van der Waals surface area contributed by atoms with E-state index in [1.807, 2.05) is 13.0 Å². The number of aliphatic hydroxyl groups excluding tert-OH is 1. The standard InChI is InChI=1S/C16H16FIO3/c1-2-20-15-8-11(9-19)7-14(18)16(15)21-10-12-5-3-4-6-13(12)17/h3-8,19H,2,9-10H2,1H3. The van der Waals surface area contributed by atoms with Gasteiger partial charge in [0.2, 0.25) is 0 Å². The van der Waals surface area contributed by atoms with Crippen LogP contribution in [0, 0.1) is 9.39 Å². The summed E-state index contributed by atoms with van der Waals surface area (Å²) >= 11 is 2.12. The Morgan fingerprint density at radius 3 is 2.62 bits per heavy atom. The smallest absolute Gasteiger partial charge is 0.174 e. The zero-order chi connectivity index (χ0) is 15.2. The first-order valence-corrected chi connectivity index (χ1v) is 7.65. The van der Waals surface area contributed by atoms with Crippen molar-refractivity contribution in [3.63, 3.8) is 0 Å². The summed E-state index contributed by atoms with van der Waals surface area (Å²) in [7, 11) is 0. The summed E-state index contributed by atoms with van der Waals surface area (Å²) in [5.41, 5.74) is 1.24. The fourth-order valence-electron chi connectivity index (χ4n) is 1.88. The molecule has 0 saturated heterocycles. The van der Waals surface area contributed by atoms with E-state index in [0.29, 0.717) is 23.7 Å². The van der Waals surface area contributed by atoms with Crippen molar-refractivity contribution < 1.29 is 19.0 Å². The van der Waals surface area contributed by atoms with Crippen LogP contribution in [0.15, 0.2) is 36.4 Å². The highest BCUT2D eigenvalue weighted by Crippen LogP contribution is 2.35. The normalized spacial score (nSPS) is 10.5. The molecular formula is C16H16FIO3. The molecule has 0 fully saturated rings. The van der Waals surface area contributed by atoms with Crippen molar-refractivity contribution in [2.24, 2.45) is 0 Å². The molecule has 2 aromatic carbocycles. The van der Waals surface area contributed by atoms with Crippen molar-refractivity contribution in [3.05, 3.63) is 56.9 Å². The summed E-state index contributed by atoms with van der Waals surface area (Å²) < 4.78 is 25.7. The average Bonchev–Trinajstić information content (AvgIpc) is 2.48. The van der Waals surface area contributed by atoms with Gasteiger partial charge in [-0.1, -0.05) is 18.2 Å². The zero-order valence-corrected chi connectivity index (χ0v) is 13.8. The zero-order valence-electron chi connectivity index (χ0n) is 11.6. The third-order valence-corrected chi connectivity index (χ3v) is 3.68. The quantitative estimate of drug-likeness (QED) is 0.746. The molecule has 2 aromatic rings. The Balaban J connectivity index is 2.24. The Bertz CT molecular complexity index is 616. The molecule has 0 spiro atoms. The third-order valence-electron chi connectivity index (χ3n) is 2.88. The average molecular weight is 402 g/mol. The number of halogens is 2. The molecule has 0 aromatic heterocycles. The molecule has 3 nitrogen and oxygen atoms in total. The molecule has 112 valence electrons. The molecule has 5 heteroatoms. The molecule has 0 aliphatic rings. The largest absolute Gasteiger partial charge is 0.490 e. The van der Waals surface area contributed by atoms with Gasteiger partial charge in [-0.3, -0.25) is 0 Å². The maximum atomic E-state index is 13.6. The van der Waals surface area contributed by atoms with Crippen LogP contribution >= 0.6 is 22.6 Å². The Hall–Kier alpha value is -1.34. The fraction of sp³-hybridized carbons (Fsp3) is 0.250. The van der Waals surface area contributed by atoms with Crippen LogP contribution in [-0.4, -0.2) is 11.7 Å². The predicted molar refractivity (Wildman–Crippen MR) is 87.0 cm³/mol. The number of ether oxygens (including phenoxy) is 2. The van der Waals surface area contributed by atoms with Crippen LogP contribution in [0.2, 0.25) is 0 Å². The van der Waals surface area contributed by atoms with Gasteiger partial charge < -0.3 is 14.6 Å². The second-order valence-corrected chi connectivity index (χ2v) is 5.54. The summed E-state index contributed by atoms with van der Waals surface area (Å²) in [5.74, 6) is 0.833. The molecule has 0 bridgehead atoms. The monoisotopic (exact) mass is 402 g/mol. The van der Waals surface area contributed by atoms with Gasteiger partial charge in [-0.15, -0.1) is 0 Å². The Morgan fingerprint density at radius 1 is 1.19 bits per heavy atom. The molecule has 0 saturated carbocycles. The first-order valence-electron chi connectivity index (χ1n) is 6.58. The van der Waals surface area contributed by atoms with E-state index in [1.54, 1.807) is 24.3 Å². The van der Waals surface area contributed by atoms with E-state index >= 15 is 0 Å². The predicted octanol–water partition coefficient (Wildman–Crippen LogP) is 3.90. The lowest BCUT2D eigenvalue weighted by Gasteiger charge is -2.15. The molecule has 21 heavy (non-hydrogen) atoms. The Morgan fingerprint density at radius 2 is 1.95 bits per heavy atom. The number of benzene rings is 2. The van der Waals surface area contributed by atoms with Crippen LogP contribution in [0.5, 0.6) is 11.5 Å². The van der Waals surface area contributed by atoms with Crippen LogP contribution < -0.4 is 9.47 Å². The first kappa shape index (κ1) is 16.0. The van der Waals surface area contributed by atoms with Crippen molar-refractivity contribution in [2.75, 3.05) is 6.61 Å². The Labute approximate surface area is 136 Å². The number of hydrogen-bond donors (Lipinski definition) is 1. The van der Waals surface area contributed by atoms with E-state index in [0.717, 1.165) is 9.13 Å². The maximum Gasteiger partial charge on any atom is 0.174 e. The van der Waals surface area contributed by atoms with Crippen LogP contribution in [0.3, 0.4) is 0 Å². The highest BCUT2D eigenvalue weighted by Gasteiger charge is 2.13. The molecular weight excluding hydrogens is 386 g/mol. The number of rotatable bonds is 6. The first-order chi connectivity index (χ1) is 10.2. The topological polar surface area (TPSA) is 38.7 Å². The van der Waals surface area contributed by atoms with Crippen molar-refractivity contribution in [2.45, 2.75) is 20.1 Å². The molecule has 0 heterocycles. The maximum absolute atomic E-state index is 13.6. The Kier molecular flexibility index (Phi) is 5.81. The highest BCUT2D eigenvalue weighted by atomic mass is 127. The van der Waals surface area contributed by atoms with Crippen LogP contribution in [0.4, 0.5) is 4.39 Å². The van der Waals surface area contributed by atoms with Gasteiger partial charge >= 0.3 is 0 Å². The van der Waals surface area contributed by atoms with E-state index < -0.39 is 0 Å². The van der Waals surface area contributed by atoms with Gasteiger partial charge in [0.1, 0.15) is 12.4 Å². The highest BCUT2D eigenvalue weighted by molar-refractivity contribution is 14.1. The summed E-state index contributed by atoms with van der Waals surface area (Å²) in [6.45, 7) is 2.42. The van der Waals surface area contributed by atoms with Gasteiger partial charge in [0, 0.05) is 5.56 Å². The lowest BCUT2D eigenvalue weighted by Crippen LogP contribution is -2.03. The van der Waals surface area contributed by atoms with E-state index in [2.05, 4.69) is 22.6 Å². The van der Waals surface area contributed by atoms with Gasteiger partial charge in [-0.05, 0) is 53.3 Å². The van der Waals surface area contributed by atoms with Gasteiger partial charge in [0.15, 0.2) is 11.5 Å². The van der Waals surface area contributed by atoms with Crippen LogP contribution in [0.25, 0.3) is 0 Å². The molecule has 0 amide bonds. The molecule has 2 rings (SSSR count). The summed E-state index contributed by atoms with van der Waals surface area (Å²) in [4.78, 5) is 0. The van der Waals surface area contributed by atoms with E-state index in [9.17, 15) is 9.50 Å². The van der Waals surface area contributed by atoms with Crippen molar-refractivity contribution >= 4 is 22.6 Å². The molecule has 0 aliphatic carbocycles. The van der Waals surface area contributed by atoms with E-state index in [1.165, 1.54) is 6.07 Å². The van der Waals surface area contributed by atoms with E-state index in [4.69, 9.17) is 9.47 Å². The van der Waals surface area contributed by atoms with Crippen molar-refractivity contribution in [1.82, 2.24) is 0 Å². The van der Waals surface area contributed by atoms with Crippen molar-refractivity contribution in [3.8, 4) is 11.5 Å². The number of aliphatic hydroxyl groups is 1. The van der Waals surface area contributed by atoms with Crippen LogP contribution in [-0.2, 0) is 13.2 Å². The molecule has 0 radical (unpaired) electrons. The lowest BCUT2D eigenvalue weighted by molar-refractivity contribution is 0.259. The summed E-state index contributed by atoms with van der Waals surface area (Å²) in [5, 5.41) is 9.24. The second kappa shape index (κ2) is 7.61. The molecule has 1 N–H and O–H groups in total. The summed E-state index contributed by atoms with van der Waals surface area (Å²) in [6, 6.07) is 10.1. The molecule has 0 aliphatic heterocycles. The summed E-state index contributed by atoms with van der Waals surface area (Å²) in [6.07, 6.45) is 0. The third kappa shape index (κ3) is 4.07. The van der Waals surface area contributed by atoms with Crippen molar-refractivity contribution in [1.29, 1.82) is 0 Å². The fourth-order valence-corrected chi connectivity index (χ4v) is 2.70. The number of hydrogen-bond acceptors (Lipinski definition) is 3. The van der Waals surface area contributed by atoms with Gasteiger partial charge in [-0.2, -0.15) is 0 Å². The minimum absolute atomic E-state index is 0.0658. The van der Waals surface area contributed by atoms with Crippen LogP contribution in [0.1, 0.15) is 18.1 Å². The van der Waals surface area contributed by atoms with Gasteiger partial charge in [0.25, 0.3) is 0 Å². The van der Waals surface area contributed by atoms with E-state index in [-0.39, 0.29) is 19.0 Å². The van der Waals surface area contributed by atoms with Gasteiger partial charge in [-0.25, -0.2) is 4.39 Å². The SMILES string of the molecule is CCOc1cc(CO)cc(I)c1OCc1ccccc1F. The second-order valence-electron chi connectivity index (χ2n) is 4.38. The molecule has 0 unspecified atom stereocenters. The van der Waals surface area contributed by atoms with Gasteiger partial charge in [0.05, 0.1) is 16.8 Å². The molecule has 0 atom stereocenters. The lowest BCUT2D eigenvalue weighted by atomic mass is 10.2. The minimum Gasteiger partial charge on any atom is -0.490 e.